The molecule has 0 saturated carbocycles. The quantitative estimate of drug-likeness (QED) is 0.651. The van der Waals surface area contributed by atoms with E-state index in [1.165, 1.54) is 6.08 Å². The summed E-state index contributed by atoms with van der Waals surface area (Å²) in [6, 6.07) is -0.557. The number of ether oxygens (including phenoxy) is 1. The lowest BCUT2D eigenvalue weighted by Crippen LogP contribution is -2.47. The maximum atomic E-state index is 11.8. The fraction of sp³-hybridized carbons (Fsp3) is 0.636. The molecular weight excluding hydrogens is 210 g/mol. The van der Waals surface area contributed by atoms with Gasteiger partial charge in [-0.15, -0.1) is 0 Å². The zero-order valence-electron chi connectivity index (χ0n) is 9.69. The van der Waals surface area contributed by atoms with Crippen LogP contribution in [0.25, 0.3) is 0 Å². The Kier molecular flexibility index (Phi) is 4.06. The molecule has 1 aliphatic rings. The van der Waals surface area contributed by atoms with Crippen LogP contribution in [0.4, 0.5) is 0 Å². The fourth-order valence-electron chi connectivity index (χ4n) is 1.39. The molecule has 0 spiro atoms. The Bertz CT molecular complexity index is 320. The van der Waals surface area contributed by atoms with E-state index in [2.05, 4.69) is 5.32 Å². The number of cyclic esters (lactones) is 1. The summed E-state index contributed by atoms with van der Waals surface area (Å²) in [4.78, 5) is 23.1. The number of hydrogen-bond acceptors (Lipinski definition) is 4. The molecule has 1 rings (SSSR count). The average Bonchev–Trinajstić information content (AvgIpc) is 2.16. The van der Waals surface area contributed by atoms with Crippen LogP contribution in [0.2, 0.25) is 0 Å². The predicted octanol–water partition coefficient (Wildman–Crippen LogP) is -0.00880. The minimum Gasteiger partial charge on any atom is -0.460 e. The molecule has 5 nitrogen and oxygen atoms in total. The van der Waals surface area contributed by atoms with Crippen molar-refractivity contribution >= 4 is 11.9 Å². The molecule has 90 valence electrons. The molecule has 0 fully saturated rings. The van der Waals surface area contributed by atoms with Crippen molar-refractivity contribution in [1.82, 2.24) is 5.32 Å². The lowest BCUT2D eigenvalue weighted by atomic mass is 10.0. The zero-order chi connectivity index (χ0) is 12.3. The number of hydrogen-bond donors (Lipinski definition) is 2. The number of carbonyl (C=O) groups excluding carboxylic acids is 2. The molecule has 0 bridgehead atoms. The van der Waals surface area contributed by atoms with E-state index in [1.54, 1.807) is 6.92 Å². The Hall–Kier alpha value is -1.36. The van der Waals surface area contributed by atoms with Gasteiger partial charge in [-0.25, -0.2) is 4.79 Å². The first kappa shape index (κ1) is 12.7. The lowest BCUT2D eigenvalue weighted by molar-refractivity contribution is -0.141. The highest BCUT2D eigenvalue weighted by atomic mass is 16.5. The van der Waals surface area contributed by atoms with Gasteiger partial charge < -0.3 is 15.2 Å². The molecule has 1 amide bonds. The third-order valence-electron chi connectivity index (χ3n) is 2.46. The van der Waals surface area contributed by atoms with Gasteiger partial charge in [0.2, 0.25) is 5.91 Å². The molecule has 16 heavy (non-hydrogen) atoms. The molecule has 0 aromatic carbocycles. The minimum atomic E-state index is -0.761. The topological polar surface area (TPSA) is 75.6 Å². The smallest absolute Gasteiger partial charge is 0.331 e. The average molecular weight is 227 g/mol. The van der Waals surface area contributed by atoms with Crippen molar-refractivity contribution in [2.75, 3.05) is 6.61 Å². The maximum Gasteiger partial charge on any atom is 0.331 e. The normalized spacial score (nSPS) is 27.3. The van der Waals surface area contributed by atoms with Crippen molar-refractivity contribution in [3.63, 3.8) is 0 Å². The van der Waals surface area contributed by atoms with Gasteiger partial charge in [0.15, 0.2) is 0 Å². The Morgan fingerprint density at radius 2 is 2.06 bits per heavy atom. The van der Waals surface area contributed by atoms with Gasteiger partial charge in [-0.05, 0) is 12.8 Å². The standard InChI is InChI=1S/C11H17NO4/c1-6(2)8-4-10(14)16-5-9(7(3)13)12-11(8)15/h4,6-7,9,13H,5H2,1-3H3,(H,12,15)/b8-4-/t7-,9+/m0/s1. The van der Waals surface area contributed by atoms with Gasteiger partial charge in [0, 0.05) is 11.6 Å². The van der Waals surface area contributed by atoms with Crippen LogP contribution in [-0.4, -0.2) is 35.7 Å². The number of esters is 1. The molecular formula is C11H17NO4. The van der Waals surface area contributed by atoms with Gasteiger partial charge in [0.25, 0.3) is 0 Å². The Morgan fingerprint density at radius 3 is 2.56 bits per heavy atom. The number of rotatable bonds is 2. The highest BCUT2D eigenvalue weighted by Crippen LogP contribution is 2.12. The van der Waals surface area contributed by atoms with Gasteiger partial charge >= 0.3 is 5.97 Å². The fourth-order valence-corrected chi connectivity index (χ4v) is 1.39. The highest BCUT2D eigenvalue weighted by molar-refractivity contribution is 6.00. The maximum absolute atomic E-state index is 11.8. The number of amides is 1. The molecule has 2 atom stereocenters. The lowest BCUT2D eigenvalue weighted by Gasteiger charge is -2.24. The molecule has 0 aromatic rings. The second kappa shape index (κ2) is 5.12. The summed E-state index contributed by atoms with van der Waals surface area (Å²) in [7, 11) is 0. The van der Waals surface area contributed by atoms with Crippen LogP contribution < -0.4 is 5.32 Å². The first-order valence-electron chi connectivity index (χ1n) is 5.29. The van der Waals surface area contributed by atoms with E-state index in [4.69, 9.17) is 4.74 Å². The van der Waals surface area contributed by atoms with E-state index in [-0.39, 0.29) is 18.4 Å². The summed E-state index contributed by atoms with van der Waals surface area (Å²) in [5.41, 5.74) is 0.371. The van der Waals surface area contributed by atoms with E-state index in [1.807, 2.05) is 13.8 Å². The summed E-state index contributed by atoms with van der Waals surface area (Å²) in [6.45, 7) is 5.17. The van der Waals surface area contributed by atoms with E-state index < -0.39 is 18.1 Å². The summed E-state index contributed by atoms with van der Waals surface area (Å²) in [6.07, 6.45) is 0.446. The first-order valence-corrected chi connectivity index (χ1v) is 5.29. The summed E-state index contributed by atoms with van der Waals surface area (Å²) >= 11 is 0. The predicted molar refractivity (Wildman–Crippen MR) is 57.5 cm³/mol. The Balaban J connectivity index is 2.92. The summed E-state index contributed by atoms with van der Waals surface area (Å²) in [5.74, 6) is -0.929. The first-order chi connectivity index (χ1) is 7.41. The molecule has 5 heteroatoms. The van der Waals surface area contributed by atoms with Crippen LogP contribution in [0, 0.1) is 5.92 Å². The van der Waals surface area contributed by atoms with E-state index in [0.29, 0.717) is 5.57 Å². The van der Waals surface area contributed by atoms with Crippen LogP contribution in [-0.2, 0) is 14.3 Å². The van der Waals surface area contributed by atoms with Crippen LogP contribution >= 0.6 is 0 Å². The number of carbonyl (C=O) groups is 2. The van der Waals surface area contributed by atoms with Gasteiger partial charge in [-0.1, -0.05) is 13.8 Å². The largest absolute Gasteiger partial charge is 0.460 e. The van der Waals surface area contributed by atoms with Crippen LogP contribution in [0.1, 0.15) is 20.8 Å². The van der Waals surface area contributed by atoms with Crippen molar-refractivity contribution in [1.29, 1.82) is 0 Å². The molecule has 1 heterocycles. The van der Waals surface area contributed by atoms with Crippen molar-refractivity contribution < 1.29 is 19.4 Å². The third kappa shape index (κ3) is 3.06. The van der Waals surface area contributed by atoms with E-state index in [0.717, 1.165) is 0 Å². The number of nitrogens with one attached hydrogen (secondary N) is 1. The molecule has 0 unspecified atom stereocenters. The van der Waals surface area contributed by atoms with Gasteiger partial charge in [-0.2, -0.15) is 0 Å². The molecule has 2 N–H and O–H groups in total. The van der Waals surface area contributed by atoms with Crippen molar-refractivity contribution in [3.05, 3.63) is 11.6 Å². The van der Waals surface area contributed by atoms with Crippen molar-refractivity contribution in [2.45, 2.75) is 32.9 Å². The van der Waals surface area contributed by atoms with Gasteiger partial charge in [0.1, 0.15) is 6.61 Å². The number of aliphatic hydroxyl groups is 1. The van der Waals surface area contributed by atoms with Crippen LogP contribution in [0.15, 0.2) is 11.6 Å². The van der Waals surface area contributed by atoms with E-state index in [9.17, 15) is 14.7 Å². The second-order valence-corrected chi connectivity index (χ2v) is 4.20. The van der Waals surface area contributed by atoms with Gasteiger partial charge in [0.05, 0.1) is 12.1 Å². The van der Waals surface area contributed by atoms with Crippen molar-refractivity contribution in [2.24, 2.45) is 5.92 Å². The van der Waals surface area contributed by atoms with Gasteiger partial charge in [-0.3, -0.25) is 4.79 Å². The van der Waals surface area contributed by atoms with Crippen molar-refractivity contribution in [3.8, 4) is 0 Å². The molecule has 0 aliphatic carbocycles. The second-order valence-electron chi connectivity index (χ2n) is 4.20. The summed E-state index contributed by atoms with van der Waals surface area (Å²) < 4.78 is 4.90. The molecule has 0 aromatic heterocycles. The summed E-state index contributed by atoms with van der Waals surface area (Å²) in [5, 5.41) is 12.0. The molecule has 0 saturated heterocycles. The molecule has 0 radical (unpaired) electrons. The Labute approximate surface area is 94.5 Å². The zero-order valence-corrected chi connectivity index (χ0v) is 9.69. The highest BCUT2D eigenvalue weighted by Gasteiger charge is 2.25. The SMILES string of the molecule is CC(C)/C1=C/C(=O)OC[C@H]([C@H](C)O)NC1=O. The number of aliphatic hydroxyl groups excluding tert-OH is 1. The third-order valence-corrected chi connectivity index (χ3v) is 2.46. The minimum absolute atomic E-state index is 0.00981. The van der Waals surface area contributed by atoms with Crippen LogP contribution in [0.3, 0.4) is 0 Å². The van der Waals surface area contributed by atoms with E-state index >= 15 is 0 Å². The molecule has 1 aliphatic heterocycles. The Morgan fingerprint density at radius 1 is 1.44 bits per heavy atom. The van der Waals surface area contributed by atoms with Crippen LogP contribution in [0.5, 0.6) is 0 Å². The monoisotopic (exact) mass is 227 g/mol.